The molecule has 12 rings (SSSR count). The van der Waals surface area contributed by atoms with Crippen LogP contribution >= 0.6 is 0 Å². The zero-order chi connectivity index (χ0) is 111. The highest BCUT2D eigenvalue weighted by atomic mass is 16.6. The van der Waals surface area contributed by atoms with Crippen molar-refractivity contribution in [3.05, 3.63) is 154 Å². The topological polar surface area (TPSA) is 614 Å². The van der Waals surface area contributed by atoms with Gasteiger partial charge < -0.3 is 116 Å². The lowest BCUT2D eigenvalue weighted by Crippen LogP contribution is -2.64. The Morgan fingerprint density at radius 1 is 0.352 bits per heavy atom. The molecule has 12 heterocycles. The van der Waals surface area contributed by atoms with Crippen LogP contribution in [-0.4, -0.2) is 278 Å². The van der Waals surface area contributed by atoms with Gasteiger partial charge in [0.15, 0.2) is 0 Å². The van der Waals surface area contributed by atoms with Gasteiger partial charge in [0.05, 0.1) is 100 Å². The Labute approximate surface area is 834 Å². The van der Waals surface area contributed by atoms with E-state index in [1.165, 1.54) is 156 Å². The second-order valence-corrected chi connectivity index (χ2v) is 36.2. The number of esters is 6. The Hall–Kier alpha value is -17.1. The predicted molar refractivity (Wildman–Crippen MR) is 520 cm³/mol. The maximum atomic E-state index is 12.8. The number of methoxy groups -OCH3 is 6. The molecule has 8 aromatic rings. The number of carbonyl (C=O) groups is 18. The molecule has 0 spiro atoms. The molecule has 0 saturated carbocycles. The highest BCUT2D eigenvalue weighted by Crippen LogP contribution is 2.34. The lowest BCUT2D eigenvalue weighted by molar-refractivity contribution is -0.384. The first-order valence-electron chi connectivity index (χ1n) is 43.8. The number of alkyl carbamates (subject to hydrolysis) is 1. The quantitative estimate of drug-likeness (QED) is 0.0260. The van der Waals surface area contributed by atoms with Gasteiger partial charge in [0.1, 0.15) is 106 Å². The number of nitrogens with two attached hydrogens (primary N) is 2. The average molecular weight is 2040 g/mol. The van der Waals surface area contributed by atoms with Gasteiger partial charge in [0, 0.05) is 106 Å². The molecule has 794 valence electrons. The van der Waals surface area contributed by atoms with Crippen LogP contribution in [0.25, 0.3) is 0 Å². The Bertz CT molecular complexity index is 5940. The average Bonchev–Trinajstić information content (AvgIpc) is 1.56. The normalized spacial score (nSPS) is 12.8. The number of aromatic nitrogens is 8. The molecule has 4 fully saturated rings. The van der Waals surface area contributed by atoms with Crippen molar-refractivity contribution >= 4 is 153 Å². The van der Waals surface area contributed by atoms with Crippen LogP contribution in [0, 0.1) is 10.1 Å². The van der Waals surface area contributed by atoms with E-state index >= 15 is 0 Å². The number of hydrazine groups is 4. The van der Waals surface area contributed by atoms with Gasteiger partial charge in [-0.05, 0) is 153 Å². The fourth-order valence-corrected chi connectivity index (χ4v) is 12.4. The van der Waals surface area contributed by atoms with Crippen molar-refractivity contribution in [2.24, 2.45) is 56.4 Å². The third-order valence-electron chi connectivity index (χ3n) is 18.6. The molecule has 8 aromatic heterocycles. The monoisotopic (exact) mass is 2040 g/mol. The molecule has 0 bridgehead atoms. The van der Waals surface area contributed by atoms with Gasteiger partial charge in [0.2, 0.25) is 0 Å². The third kappa shape index (κ3) is 34.1. The summed E-state index contributed by atoms with van der Waals surface area (Å²) in [4.78, 5) is 219. The minimum absolute atomic E-state index is 0.0221. The molecule has 0 unspecified atom stereocenters. The van der Waals surface area contributed by atoms with Crippen molar-refractivity contribution in [3.63, 3.8) is 0 Å². The van der Waals surface area contributed by atoms with Gasteiger partial charge in [0.25, 0.3) is 35.2 Å². The summed E-state index contributed by atoms with van der Waals surface area (Å²) >= 11 is 0. The van der Waals surface area contributed by atoms with E-state index in [9.17, 15) is 96.4 Å². The molecular weight excluding hydrogens is 1910 g/mol. The smallest absolute Gasteiger partial charge is 0.430 e. The van der Waals surface area contributed by atoms with Crippen LogP contribution < -0.4 is 42.1 Å². The number of aromatic carboxylic acids is 1. The Balaban J connectivity index is 0.000000353. The number of ketones is 1. The summed E-state index contributed by atoms with van der Waals surface area (Å²) in [7, 11) is 20.9. The number of amides is 10. The minimum Gasteiger partial charge on any atom is -0.477 e. The van der Waals surface area contributed by atoms with Gasteiger partial charge in [-0.1, -0.05) is 13.8 Å². The van der Waals surface area contributed by atoms with Crippen molar-refractivity contribution in [3.8, 4) is 0 Å². The molecule has 0 radical (unpaired) electrons. The zero-order valence-electron chi connectivity index (χ0n) is 87.1. The zero-order valence-corrected chi connectivity index (χ0v) is 87.1. The molecule has 10 amide bonds. The highest BCUT2D eigenvalue weighted by Gasteiger charge is 2.47. The van der Waals surface area contributed by atoms with E-state index in [2.05, 4.69) is 34.3 Å². The number of rotatable bonds is 16. The van der Waals surface area contributed by atoms with Crippen molar-refractivity contribution in [1.29, 1.82) is 0 Å². The molecule has 4 aliphatic rings. The molecular formula is C92H129N21O32. The van der Waals surface area contributed by atoms with E-state index in [0.29, 0.717) is 51.2 Å². The summed E-state index contributed by atoms with van der Waals surface area (Å²) in [5.41, 5.74) is 12.8. The van der Waals surface area contributed by atoms with Gasteiger partial charge in [-0.15, -0.1) is 0 Å². The molecule has 4 saturated heterocycles. The second kappa shape index (κ2) is 50.3. The van der Waals surface area contributed by atoms with Crippen molar-refractivity contribution < 1.29 is 148 Å². The molecule has 53 nitrogen and oxygen atoms in total. The van der Waals surface area contributed by atoms with E-state index in [-0.39, 0.29) is 114 Å². The lowest BCUT2D eigenvalue weighted by Gasteiger charge is -2.42. The Kier molecular flexibility index (Phi) is 41.7. The largest absolute Gasteiger partial charge is 0.477 e. The van der Waals surface area contributed by atoms with Crippen LogP contribution in [0.2, 0.25) is 0 Å². The number of anilines is 7. The first kappa shape index (κ1) is 120. The van der Waals surface area contributed by atoms with E-state index in [4.69, 9.17) is 45.0 Å². The first-order valence-corrected chi connectivity index (χ1v) is 43.8. The third-order valence-corrected chi connectivity index (χ3v) is 18.6. The number of nitrogens with zero attached hydrogens (tertiary/aromatic N) is 17. The summed E-state index contributed by atoms with van der Waals surface area (Å²) in [6.07, 6.45) is 9.24. The van der Waals surface area contributed by atoms with E-state index in [1.807, 2.05) is 13.8 Å². The van der Waals surface area contributed by atoms with Crippen molar-refractivity contribution in [2.75, 3.05) is 112 Å². The predicted octanol–water partition coefficient (Wildman–Crippen LogP) is 9.38. The molecule has 7 N–H and O–H groups in total. The Morgan fingerprint density at radius 2 is 0.586 bits per heavy atom. The van der Waals surface area contributed by atoms with Gasteiger partial charge in [-0.3, -0.25) is 38.9 Å². The van der Waals surface area contributed by atoms with E-state index in [0.717, 1.165) is 10.0 Å². The molecule has 4 aliphatic heterocycles. The first-order chi connectivity index (χ1) is 66.9. The van der Waals surface area contributed by atoms with Crippen molar-refractivity contribution in [1.82, 2.24) is 61.9 Å². The van der Waals surface area contributed by atoms with Crippen LogP contribution in [0.4, 0.5) is 69.5 Å². The fourth-order valence-electron chi connectivity index (χ4n) is 12.4. The number of ether oxygens (including phenoxy) is 11. The number of nitro groups is 1. The SMILES string of the molecule is CC.CC(=O)CNC(=O)OC(C)(C)C.COC(=O)c1cc(N)cn1C.COC(=O)c1cc(N)cn1C.COC(=O)c1cc(N2C(=O)CN2C(=O)OC(C)(C)C)cn1C.COC(=O)c1cc(N2C(=O)CN2C(=O)OC(C)(C)C)cn1C.COC(=O)c1cc(NC(=O)c2cc(N3C(=O)CN3C(=O)OC(C)(C)C)cn2C)cn1C.COC(=O)c1cc([N+](=O)[O-])cn1C.Cn1cc(N2C(=O)CN2C(=O)OC(C)(C)C)cc1C(=O)O. The number of carbonyl (C=O) groups excluding carboxylic acids is 17. The molecule has 145 heavy (non-hydrogen) atoms. The van der Waals surface area contributed by atoms with E-state index < -0.39 is 99.1 Å². The van der Waals surface area contributed by atoms with Crippen molar-refractivity contribution in [2.45, 2.75) is 153 Å². The summed E-state index contributed by atoms with van der Waals surface area (Å²) < 4.78 is 65.5. The van der Waals surface area contributed by atoms with Gasteiger partial charge >= 0.3 is 72.3 Å². The fraction of sp³-hybridized carbons (Fsp3) is 0.457. The number of nitrogens with one attached hydrogen (secondary N) is 2. The summed E-state index contributed by atoms with van der Waals surface area (Å²) in [6.45, 7) is 31.2. The standard InChI is InChI=1S/C20H25N5O6.2C14H19N3O5.C13H17N3O5.C8H15NO3.C7H8N2O4.2C7H10N2O2.C2H6/c1-20(2,3)31-19(29)24-11-16(26)25(24)13-8-14(23(5)10-13)17(27)21-12-7-15(18(28)30-6)22(4)9-12;2*1-14(2,3)22-13(20)16-8-11(18)17(16)9-6-10(12(19)21-5)15(4)7-9;1-13(2,3)21-12(20)15-7-10(17)16(15)8-5-9(11(18)19)14(4)6-8;1-6(10)5-9-7(11)12-8(2,3)4;1-8-4-5(9(11)12)3-6(8)7(10)13-2;2*1-9-4-5(8)3-6(9)7(10)11-2;1-2/h7-10H,11H2,1-6H3,(H,21,27);2*6-7H,8H2,1-5H3;5-6H,7H2,1-4H3,(H,18,19);5H2,1-4H3,(H,9,11);3-4H,1-2H3;2*3-4H,8H2,1-2H3;1-2H3. The Morgan fingerprint density at radius 3 is 0.821 bits per heavy atom. The number of carboxylic acids is 1. The number of aryl methyl sites for hydroxylation is 8. The highest BCUT2D eigenvalue weighted by molar-refractivity contribution is 6.10. The minimum atomic E-state index is -1.11. The van der Waals surface area contributed by atoms with Crippen LogP contribution in [0.15, 0.2) is 98.1 Å². The summed E-state index contributed by atoms with van der Waals surface area (Å²) in [6, 6.07) is 11.6. The molecule has 0 aromatic carbocycles. The molecule has 0 atom stereocenters. The number of nitrogen functional groups attached to an aromatic ring is 2. The van der Waals surface area contributed by atoms with Crippen LogP contribution in [0.3, 0.4) is 0 Å². The lowest BCUT2D eigenvalue weighted by atomic mass is 10.2. The number of Topliss-reactive ketones (excluding diaryl/α,β-unsaturated/α-hetero) is 1. The van der Waals surface area contributed by atoms with Crippen LogP contribution in [-0.2, 0) is 132 Å². The summed E-state index contributed by atoms with van der Waals surface area (Å²) in [5.74, 6) is -5.67. The van der Waals surface area contributed by atoms with E-state index in [1.54, 1.807) is 219 Å². The number of carboxylic acid groups (broad SMARTS) is 1. The second-order valence-electron chi connectivity index (χ2n) is 36.2. The molecule has 53 heteroatoms. The van der Waals surface area contributed by atoms with Gasteiger partial charge in [-0.2, -0.15) is 0 Å². The maximum absolute atomic E-state index is 12.8. The van der Waals surface area contributed by atoms with Gasteiger partial charge in [-0.25, -0.2) is 97.6 Å². The maximum Gasteiger partial charge on any atom is 0.430 e. The van der Waals surface area contributed by atoms with Crippen LogP contribution in [0.1, 0.15) is 209 Å². The number of hydrogen-bond acceptors (Lipinski definition) is 33. The van der Waals surface area contributed by atoms with Crippen LogP contribution in [0.5, 0.6) is 0 Å². The number of hydrogen-bond donors (Lipinski definition) is 5. The molecule has 0 aliphatic carbocycles. The summed E-state index contributed by atoms with van der Waals surface area (Å²) in [5, 5.41) is 33.7.